The van der Waals surface area contributed by atoms with Gasteiger partial charge in [0.2, 0.25) is 0 Å². The van der Waals surface area contributed by atoms with Gasteiger partial charge in [-0.3, -0.25) is 0 Å². The van der Waals surface area contributed by atoms with Gasteiger partial charge in [-0.05, 0) is 64.5 Å². The largest absolute Gasteiger partial charge is 0.317 e. The van der Waals surface area contributed by atoms with Crippen LogP contribution in [0.2, 0.25) is 0 Å². The van der Waals surface area contributed by atoms with Crippen molar-refractivity contribution in [2.45, 2.75) is 17.7 Å². The molecule has 1 N–H and O–H groups in total. The Kier molecular flexibility index (Phi) is 8.14. The summed E-state index contributed by atoms with van der Waals surface area (Å²) in [4.78, 5) is 3.60. The van der Waals surface area contributed by atoms with Gasteiger partial charge in [-0.25, -0.2) is 0 Å². The van der Waals surface area contributed by atoms with Crippen LogP contribution >= 0.6 is 11.8 Å². The maximum absolute atomic E-state index is 3.49. The van der Waals surface area contributed by atoms with Crippen LogP contribution in [0.4, 0.5) is 0 Å². The molecular weight excluding hydrogens is 228 g/mol. The van der Waals surface area contributed by atoms with Crippen LogP contribution in [0.5, 0.6) is 0 Å². The molecular formula is C14H24N2S. The minimum Gasteiger partial charge on any atom is -0.317 e. The summed E-state index contributed by atoms with van der Waals surface area (Å²) in [7, 11) is 4.24. The average molecular weight is 252 g/mol. The van der Waals surface area contributed by atoms with Crippen molar-refractivity contribution in [3.8, 4) is 0 Å². The van der Waals surface area contributed by atoms with E-state index in [0.717, 1.165) is 13.1 Å². The third-order valence-corrected chi connectivity index (χ3v) is 3.57. The van der Waals surface area contributed by atoms with Gasteiger partial charge in [-0.2, -0.15) is 0 Å². The Morgan fingerprint density at radius 1 is 1.06 bits per heavy atom. The van der Waals surface area contributed by atoms with E-state index >= 15 is 0 Å². The lowest BCUT2D eigenvalue weighted by Gasteiger charge is -2.09. The molecule has 0 aliphatic heterocycles. The highest BCUT2D eigenvalue weighted by molar-refractivity contribution is 7.99. The predicted molar refractivity (Wildman–Crippen MR) is 77.8 cm³/mol. The van der Waals surface area contributed by atoms with Crippen LogP contribution in [0, 0.1) is 0 Å². The maximum atomic E-state index is 3.49. The molecule has 1 aromatic rings. The Labute approximate surface area is 110 Å². The zero-order chi connectivity index (χ0) is 12.3. The molecule has 0 amide bonds. The van der Waals surface area contributed by atoms with Gasteiger partial charge in [-0.15, -0.1) is 11.8 Å². The minimum atomic E-state index is 1.13. The highest BCUT2D eigenvalue weighted by Gasteiger charge is 1.93. The fraction of sp³-hybridized carbons (Fsp3) is 0.571. The summed E-state index contributed by atoms with van der Waals surface area (Å²) in [5.74, 6) is 1.20. The fourth-order valence-electron chi connectivity index (χ4n) is 1.55. The van der Waals surface area contributed by atoms with Crippen LogP contribution in [-0.4, -0.2) is 44.4 Å². The lowest BCUT2D eigenvalue weighted by atomic mass is 10.4. The number of hydrogen-bond acceptors (Lipinski definition) is 3. The predicted octanol–water partition coefficient (Wildman–Crippen LogP) is 2.71. The van der Waals surface area contributed by atoms with Crippen molar-refractivity contribution in [3.05, 3.63) is 30.3 Å². The second-order valence-corrected chi connectivity index (χ2v) is 5.59. The summed E-state index contributed by atoms with van der Waals surface area (Å²) in [6, 6.07) is 10.6. The first-order valence-electron chi connectivity index (χ1n) is 6.32. The monoisotopic (exact) mass is 252 g/mol. The van der Waals surface area contributed by atoms with Crippen LogP contribution < -0.4 is 5.32 Å². The van der Waals surface area contributed by atoms with Crippen molar-refractivity contribution in [1.29, 1.82) is 0 Å². The van der Waals surface area contributed by atoms with E-state index in [1.54, 1.807) is 0 Å². The van der Waals surface area contributed by atoms with Gasteiger partial charge in [-0.1, -0.05) is 18.2 Å². The molecule has 0 saturated carbocycles. The lowest BCUT2D eigenvalue weighted by Crippen LogP contribution is -2.22. The summed E-state index contributed by atoms with van der Waals surface area (Å²) < 4.78 is 0. The van der Waals surface area contributed by atoms with Crippen molar-refractivity contribution in [2.75, 3.05) is 39.5 Å². The Balaban J connectivity index is 1.88. The molecule has 0 aliphatic rings. The Bertz CT molecular complexity index is 275. The summed E-state index contributed by atoms with van der Waals surface area (Å²) in [5.41, 5.74) is 0. The molecule has 1 aromatic carbocycles. The first-order valence-corrected chi connectivity index (χ1v) is 7.31. The second-order valence-electron chi connectivity index (χ2n) is 4.42. The van der Waals surface area contributed by atoms with Gasteiger partial charge in [0, 0.05) is 4.90 Å². The zero-order valence-electron chi connectivity index (χ0n) is 11.0. The molecule has 3 heteroatoms. The van der Waals surface area contributed by atoms with Crippen LogP contribution in [-0.2, 0) is 0 Å². The molecule has 0 fully saturated rings. The number of nitrogens with one attached hydrogen (secondary N) is 1. The van der Waals surface area contributed by atoms with Crippen molar-refractivity contribution < 1.29 is 0 Å². The van der Waals surface area contributed by atoms with Crippen LogP contribution in [0.15, 0.2) is 35.2 Å². The first kappa shape index (κ1) is 14.6. The Morgan fingerprint density at radius 2 is 1.76 bits per heavy atom. The van der Waals surface area contributed by atoms with Gasteiger partial charge < -0.3 is 10.2 Å². The molecule has 2 nitrogen and oxygen atoms in total. The third-order valence-electron chi connectivity index (χ3n) is 2.47. The van der Waals surface area contributed by atoms with Crippen molar-refractivity contribution in [2.24, 2.45) is 0 Å². The van der Waals surface area contributed by atoms with E-state index in [2.05, 4.69) is 54.6 Å². The van der Waals surface area contributed by atoms with E-state index in [1.807, 2.05) is 11.8 Å². The Hall–Kier alpha value is -0.510. The molecule has 17 heavy (non-hydrogen) atoms. The molecule has 0 aromatic heterocycles. The van der Waals surface area contributed by atoms with E-state index in [0.29, 0.717) is 0 Å². The highest BCUT2D eigenvalue weighted by Crippen LogP contribution is 2.17. The van der Waals surface area contributed by atoms with E-state index in [-0.39, 0.29) is 0 Å². The molecule has 0 spiro atoms. The summed E-state index contributed by atoms with van der Waals surface area (Å²) in [6.07, 6.45) is 2.47. The standard InChI is InChI=1S/C14H24N2S/c1-16(2)12-6-10-15-11-7-13-17-14-8-4-3-5-9-14/h3-5,8-9,15H,6-7,10-13H2,1-2H3. The van der Waals surface area contributed by atoms with Crippen molar-refractivity contribution >= 4 is 11.8 Å². The third kappa shape index (κ3) is 8.25. The normalized spacial score (nSPS) is 11.0. The fourth-order valence-corrected chi connectivity index (χ4v) is 2.42. The molecule has 0 unspecified atom stereocenters. The summed E-state index contributed by atoms with van der Waals surface area (Å²) >= 11 is 1.94. The number of rotatable bonds is 9. The number of benzene rings is 1. The smallest absolute Gasteiger partial charge is 0.00719 e. The van der Waals surface area contributed by atoms with Crippen LogP contribution in [0.25, 0.3) is 0 Å². The molecule has 96 valence electrons. The van der Waals surface area contributed by atoms with Gasteiger partial charge in [0.25, 0.3) is 0 Å². The van der Waals surface area contributed by atoms with Crippen LogP contribution in [0.1, 0.15) is 12.8 Å². The molecule has 0 heterocycles. The van der Waals surface area contributed by atoms with Gasteiger partial charge >= 0.3 is 0 Å². The van der Waals surface area contributed by atoms with Crippen LogP contribution in [0.3, 0.4) is 0 Å². The molecule has 0 saturated heterocycles. The van der Waals surface area contributed by atoms with Gasteiger partial charge in [0.1, 0.15) is 0 Å². The molecule has 0 atom stereocenters. The molecule has 0 radical (unpaired) electrons. The number of thioether (sulfide) groups is 1. The Morgan fingerprint density at radius 3 is 2.47 bits per heavy atom. The van der Waals surface area contributed by atoms with Gasteiger partial charge in [0.05, 0.1) is 0 Å². The first-order chi connectivity index (χ1) is 8.29. The zero-order valence-corrected chi connectivity index (χ0v) is 11.8. The number of nitrogens with zero attached hydrogens (tertiary/aromatic N) is 1. The second kappa shape index (κ2) is 9.51. The number of hydrogen-bond donors (Lipinski definition) is 1. The van der Waals surface area contributed by atoms with Gasteiger partial charge in [0.15, 0.2) is 0 Å². The van der Waals surface area contributed by atoms with E-state index in [1.165, 1.54) is 30.0 Å². The van der Waals surface area contributed by atoms with E-state index < -0.39 is 0 Å². The molecule has 0 bridgehead atoms. The van der Waals surface area contributed by atoms with E-state index in [4.69, 9.17) is 0 Å². The van der Waals surface area contributed by atoms with Crippen molar-refractivity contribution in [1.82, 2.24) is 10.2 Å². The highest BCUT2D eigenvalue weighted by atomic mass is 32.2. The lowest BCUT2D eigenvalue weighted by molar-refractivity contribution is 0.394. The quantitative estimate of drug-likeness (QED) is 0.537. The topological polar surface area (TPSA) is 15.3 Å². The molecule has 0 aliphatic carbocycles. The minimum absolute atomic E-state index is 1.13. The maximum Gasteiger partial charge on any atom is 0.00719 e. The SMILES string of the molecule is CN(C)CCCNCCCSc1ccccc1. The molecule has 1 rings (SSSR count). The van der Waals surface area contributed by atoms with Crippen molar-refractivity contribution in [3.63, 3.8) is 0 Å². The summed E-state index contributed by atoms with van der Waals surface area (Å²) in [5, 5.41) is 3.49. The average Bonchev–Trinajstić information content (AvgIpc) is 2.33. The summed E-state index contributed by atoms with van der Waals surface area (Å²) in [6.45, 7) is 3.44. The van der Waals surface area contributed by atoms with E-state index in [9.17, 15) is 0 Å².